The SMILES string of the molecule is CC1=C(C(N)=O)SC(N2CCN(C(C)c3ccccc3)C2=O)N1Cc1cncs1. The third-order valence-electron chi connectivity index (χ3n) is 5.37. The Morgan fingerprint density at radius 3 is 2.72 bits per heavy atom. The van der Waals surface area contributed by atoms with Gasteiger partial charge in [-0.1, -0.05) is 42.1 Å². The van der Waals surface area contributed by atoms with Crippen molar-refractivity contribution in [2.24, 2.45) is 5.73 Å². The fraction of sp³-hybridized carbons (Fsp3) is 0.350. The van der Waals surface area contributed by atoms with Crippen molar-refractivity contribution in [2.45, 2.75) is 31.9 Å². The van der Waals surface area contributed by atoms with Gasteiger partial charge in [-0.05, 0) is 19.4 Å². The summed E-state index contributed by atoms with van der Waals surface area (Å²) in [6.45, 7) is 5.77. The first kappa shape index (κ1) is 19.8. The maximum Gasteiger partial charge on any atom is 0.322 e. The highest BCUT2D eigenvalue weighted by molar-refractivity contribution is 8.04. The molecule has 3 heterocycles. The van der Waals surface area contributed by atoms with Crippen LogP contribution < -0.4 is 5.73 Å². The van der Waals surface area contributed by atoms with Crippen LogP contribution in [-0.2, 0) is 11.3 Å². The lowest BCUT2D eigenvalue weighted by Crippen LogP contribution is -2.45. The number of rotatable bonds is 6. The van der Waals surface area contributed by atoms with Crippen LogP contribution in [0.4, 0.5) is 4.79 Å². The number of amides is 3. The molecular weight excluding hydrogens is 406 g/mol. The van der Waals surface area contributed by atoms with E-state index in [-0.39, 0.29) is 17.6 Å². The highest BCUT2D eigenvalue weighted by Crippen LogP contribution is 2.42. The summed E-state index contributed by atoms with van der Waals surface area (Å²) in [7, 11) is 0. The minimum absolute atomic E-state index is 0.0142. The van der Waals surface area contributed by atoms with Crippen LogP contribution in [0.1, 0.15) is 30.3 Å². The molecule has 4 rings (SSSR count). The topological polar surface area (TPSA) is 82.8 Å². The Balaban J connectivity index is 1.56. The lowest BCUT2D eigenvalue weighted by atomic mass is 10.1. The molecule has 2 unspecified atom stereocenters. The van der Waals surface area contributed by atoms with E-state index in [9.17, 15) is 9.59 Å². The molecule has 2 aliphatic heterocycles. The zero-order valence-electron chi connectivity index (χ0n) is 16.3. The number of benzene rings is 1. The van der Waals surface area contributed by atoms with Crippen molar-refractivity contribution in [1.82, 2.24) is 19.7 Å². The molecule has 0 spiro atoms. The van der Waals surface area contributed by atoms with Gasteiger partial charge in [0.25, 0.3) is 5.91 Å². The molecule has 7 nitrogen and oxygen atoms in total. The van der Waals surface area contributed by atoms with E-state index < -0.39 is 5.91 Å². The quantitative estimate of drug-likeness (QED) is 0.763. The number of carbonyl (C=O) groups excluding carboxylic acids is 2. The minimum atomic E-state index is -0.453. The highest BCUT2D eigenvalue weighted by Gasteiger charge is 2.43. The lowest BCUT2D eigenvalue weighted by Gasteiger charge is -2.34. The van der Waals surface area contributed by atoms with E-state index in [1.165, 1.54) is 11.8 Å². The van der Waals surface area contributed by atoms with Crippen molar-refractivity contribution in [2.75, 3.05) is 13.1 Å². The number of nitrogens with zero attached hydrogens (tertiary/aromatic N) is 4. The molecule has 0 bridgehead atoms. The van der Waals surface area contributed by atoms with E-state index in [4.69, 9.17) is 5.73 Å². The Bertz CT molecular complexity index is 932. The van der Waals surface area contributed by atoms with E-state index in [1.807, 2.05) is 60.2 Å². The normalized spacial score (nSPS) is 20.7. The Morgan fingerprint density at radius 1 is 1.31 bits per heavy atom. The van der Waals surface area contributed by atoms with Crippen LogP contribution in [0.5, 0.6) is 0 Å². The van der Waals surface area contributed by atoms with Crippen molar-refractivity contribution in [1.29, 1.82) is 0 Å². The number of thiazole rings is 1. The monoisotopic (exact) mass is 429 g/mol. The van der Waals surface area contributed by atoms with Gasteiger partial charge in [0.2, 0.25) is 0 Å². The van der Waals surface area contributed by atoms with Crippen LogP contribution in [-0.4, -0.2) is 50.2 Å². The Morgan fingerprint density at radius 2 is 2.07 bits per heavy atom. The van der Waals surface area contributed by atoms with Gasteiger partial charge < -0.3 is 15.5 Å². The zero-order chi connectivity index (χ0) is 20.5. The van der Waals surface area contributed by atoms with Crippen LogP contribution in [0.3, 0.4) is 0 Å². The van der Waals surface area contributed by atoms with E-state index in [1.54, 1.807) is 16.8 Å². The Hall–Kier alpha value is -2.52. The van der Waals surface area contributed by atoms with Crippen LogP contribution in [0, 0.1) is 0 Å². The van der Waals surface area contributed by atoms with Gasteiger partial charge in [0.05, 0.1) is 23.0 Å². The van der Waals surface area contributed by atoms with Gasteiger partial charge >= 0.3 is 6.03 Å². The summed E-state index contributed by atoms with van der Waals surface area (Å²) in [5.41, 5.74) is 9.01. The Labute approximate surface area is 178 Å². The molecule has 9 heteroatoms. The van der Waals surface area contributed by atoms with Gasteiger partial charge in [-0.3, -0.25) is 14.7 Å². The molecule has 0 aliphatic carbocycles. The van der Waals surface area contributed by atoms with Crippen molar-refractivity contribution in [3.8, 4) is 0 Å². The second-order valence-corrected chi connectivity index (χ2v) is 9.11. The molecule has 29 heavy (non-hydrogen) atoms. The van der Waals surface area contributed by atoms with Crippen LogP contribution in [0.2, 0.25) is 0 Å². The smallest absolute Gasteiger partial charge is 0.322 e. The molecule has 1 aromatic heterocycles. The number of thioether (sulfide) groups is 1. The standard InChI is InChI=1S/C20H23N5O2S2/c1-13(15-6-4-3-5-7-15)23-8-9-24(19(23)27)20-25(11-16-10-22-12-28-16)14(2)17(29-20)18(21)26/h3-7,10,12-13,20H,8-9,11H2,1-2H3,(H2,21,26). The third kappa shape index (κ3) is 3.72. The van der Waals surface area contributed by atoms with Crippen molar-refractivity contribution >= 4 is 35.0 Å². The summed E-state index contributed by atoms with van der Waals surface area (Å²) in [5, 5.41) is 0. The summed E-state index contributed by atoms with van der Waals surface area (Å²) in [6.07, 6.45) is 1.82. The van der Waals surface area contributed by atoms with Gasteiger partial charge in [-0.15, -0.1) is 11.3 Å². The number of allylic oxidation sites excluding steroid dienone is 1. The number of carbonyl (C=O) groups is 2. The van der Waals surface area contributed by atoms with E-state index in [2.05, 4.69) is 9.88 Å². The number of aromatic nitrogens is 1. The number of nitrogens with two attached hydrogens (primary N) is 1. The van der Waals surface area contributed by atoms with Crippen molar-refractivity contribution in [3.05, 3.63) is 63.1 Å². The van der Waals surface area contributed by atoms with E-state index in [0.717, 1.165) is 16.1 Å². The number of primary amides is 1. The number of urea groups is 1. The van der Waals surface area contributed by atoms with Gasteiger partial charge in [0.1, 0.15) is 0 Å². The zero-order valence-corrected chi connectivity index (χ0v) is 17.9. The molecule has 1 fully saturated rings. The number of hydrogen-bond acceptors (Lipinski definition) is 6. The van der Waals surface area contributed by atoms with Crippen molar-refractivity contribution in [3.63, 3.8) is 0 Å². The molecule has 2 N–H and O–H groups in total. The molecule has 3 amide bonds. The summed E-state index contributed by atoms with van der Waals surface area (Å²) in [6, 6.07) is 9.99. The van der Waals surface area contributed by atoms with E-state index in [0.29, 0.717) is 24.5 Å². The molecule has 2 aromatic rings. The van der Waals surface area contributed by atoms with Gasteiger partial charge in [0, 0.05) is 29.9 Å². The predicted octanol–water partition coefficient (Wildman–Crippen LogP) is 3.19. The average Bonchev–Trinajstić information content (AvgIpc) is 3.43. The summed E-state index contributed by atoms with van der Waals surface area (Å²) >= 11 is 2.92. The minimum Gasteiger partial charge on any atom is -0.365 e. The van der Waals surface area contributed by atoms with Crippen LogP contribution >= 0.6 is 23.1 Å². The fourth-order valence-electron chi connectivity index (χ4n) is 3.75. The van der Waals surface area contributed by atoms with Gasteiger partial charge in [-0.25, -0.2) is 4.79 Å². The van der Waals surface area contributed by atoms with Gasteiger partial charge in [0.15, 0.2) is 5.50 Å². The molecule has 152 valence electrons. The molecule has 1 aromatic carbocycles. The van der Waals surface area contributed by atoms with Crippen LogP contribution in [0.15, 0.2) is 52.6 Å². The molecule has 1 saturated heterocycles. The molecule has 0 radical (unpaired) electrons. The van der Waals surface area contributed by atoms with Crippen LogP contribution in [0.25, 0.3) is 0 Å². The first-order chi connectivity index (χ1) is 14.0. The molecule has 2 atom stereocenters. The summed E-state index contributed by atoms with van der Waals surface area (Å²) < 4.78 is 0. The highest BCUT2D eigenvalue weighted by atomic mass is 32.2. The lowest BCUT2D eigenvalue weighted by molar-refractivity contribution is -0.114. The number of hydrogen-bond donors (Lipinski definition) is 1. The maximum atomic E-state index is 13.3. The fourth-order valence-corrected chi connectivity index (χ4v) is 5.64. The molecule has 0 saturated carbocycles. The molecule has 2 aliphatic rings. The third-order valence-corrected chi connectivity index (χ3v) is 7.59. The second-order valence-electron chi connectivity index (χ2n) is 7.07. The largest absolute Gasteiger partial charge is 0.365 e. The summed E-state index contributed by atoms with van der Waals surface area (Å²) in [5.74, 6) is -0.453. The second kappa shape index (κ2) is 8.08. The first-order valence-electron chi connectivity index (χ1n) is 9.41. The van der Waals surface area contributed by atoms with Gasteiger partial charge in [-0.2, -0.15) is 0 Å². The summed E-state index contributed by atoms with van der Waals surface area (Å²) in [4.78, 5) is 36.8. The Kier molecular flexibility index (Phi) is 5.51. The van der Waals surface area contributed by atoms with E-state index >= 15 is 0 Å². The average molecular weight is 430 g/mol. The molecular formula is C20H23N5O2S2. The first-order valence-corrected chi connectivity index (χ1v) is 11.2. The maximum absolute atomic E-state index is 13.3. The van der Waals surface area contributed by atoms with Crippen molar-refractivity contribution < 1.29 is 9.59 Å². The predicted molar refractivity (Wildman–Crippen MR) is 115 cm³/mol.